The minimum absolute atomic E-state index is 0.161. The maximum atomic E-state index is 13.3. The van der Waals surface area contributed by atoms with Gasteiger partial charge in [0.1, 0.15) is 5.82 Å². The van der Waals surface area contributed by atoms with Crippen LogP contribution in [0.4, 0.5) is 4.39 Å². The van der Waals surface area contributed by atoms with Crippen LogP contribution in [0, 0.1) is 11.7 Å². The summed E-state index contributed by atoms with van der Waals surface area (Å²) in [5, 5.41) is 0. The zero-order chi connectivity index (χ0) is 19.3. The Labute approximate surface area is 167 Å². The van der Waals surface area contributed by atoms with Crippen molar-refractivity contribution in [2.45, 2.75) is 45.2 Å². The highest BCUT2D eigenvalue weighted by Gasteiger charge is 2.23. The standard InChI is InChI=1S/C24H29FN2O/c25-23-7-3-4-20(16-23)17-26-13-10-19(11-14-26)8-9-24(28)27-15-12-21-5-1-2-6-22(21)18-27/h1-7,16,19H,8-15,17-18H2. The van der Waals surface area contributed by atoms with Gasteiger partial charge in [-0.3, -0.25) is 9.69 Å². The molecule has 2 aliphatic rings. The monoisotopic (exact) mass is 380 g/mol. The largest absolute Gasteiger partial charge is 0.338 e. The second kappa shape index (κ2) is 8.87. The van der Waals surface area contributed by atoms with Crippen LogP contribution in [0.15, 0.2) is 48.5 Å². The Balaban J connectivity index is 1.20. The number of halogens is 1. The summed E-state index contributed by atoms with van der Waals surface area (Å²) in [5.41, 5.74) is 3.73. The summed E-state index contributed by atoms with van der Waals surface area (Å²) >= 11 is 0. The van der Waals surface area contributed by atoms with Crippen molar-refractivity contribution in [2.24, 2.45) is 5.92 Å². The van der Waals surface area contributed by atoms with Gasteiger partial charge in [-0.2, -0.15) is 0 Å². The second-order valence-corrected chi connectivity index (χ2v) is 8.22. The molecule has 0 N–H and O–H groups in total. The van der Waals surface area contributed by atoms with Crippen molar-refractivity contribution in [2.75, 3.05) is 19.6 Å². The second-order valence-electron chi connectivity index (χ2n) is 8.22. The quantitative estimate of drug-likeness (QED) is 0.767. The highest BCUT2D eigenvalue weighted by Crippen LogP contribution is 2.25. The van der Waals surface area contributed by atoms with Crippen molar-refractivity contribution < 1.29 is 9.18 Å². The number of rotatable bonds is 5. The van der Waals surface area contributed by atoms with E-state index in [9.17, 15) is 9.18 Å². The Morgan fingerprint density at radius 2 is 1.79 bits per heavy atom. The molecule has 1 amide bonds. The number of nitrogens with zero attached hydrogens (tertiary/aromatic N) is 2. The van der Waals surface area contributed by atoms with E-state index in [0.717, 1.165) is 64.0 Å². The van der Waals surface area contributed by atoms with Crippen LogP contribution in [0.1, 0.15) is 42.4 Å². The van der Waals surface area contributed by atoms with Gasteiger partial charge in [0.05, 0.1) is 0 Å². The molecule has 0 atom stereocenters. The number of carbonyl (C=O) groups excluding carboxylic acids is 1. The molecule has 0 unspecified atom stereocenters. The van der Waals surface area contributed by atoms with Gasteiger partial charge in [-0.15, -0.1) is 0 Å². The van der Waals surface area contributed by atoms with E-state index in [0.29, 0.717) is 18.2 Å². The van der Waals surface area contributed by atoms with Crippen molar-refractivity contribution in [3.63, 3.8) is 0 Å². The van der Waals surface area contributed by atoms with Gasteiger partial charge >= 0.3 is 0 Å². The van der Waals surface area contributed by atoms with Crippen molar-refractivity contribution in [1.29, 1.82) is 0 Å². The molecular weight excluding hydrogens is 351 g/mol. The number of piperidine rings is 1. The molecule has 3 nitrogen and oxygen atoms in total. The molecule has 1 fully saturated rings. The summed E-state index contributed by atoms with van der Waals surface area (Å²) in [6.45, 7) is 4.50. The van der Waals surface area contributed by atoms with Gasteiger partial charge in [0.25, 0.3) is 0 Å². The molecular formula is C24H29FN2O. The molecule has 4 rings (SSSR count). The lowest BCUT2D eigenvalue weighted by Crippen LogP contribution is -2.37. The van der Waals surface area contributed by atoms with Crippen molar-refractivity contribution in [3.05, 3.63) is 71.0 Å². The molecule has 0 bridgehead atoms. The van der Waals surface area contributed by atoms with Crippen molar-refractivity contribution in [1.82, 2.24) is 9.80 Å². The summed E-state index contributed by atoms with van der Waals surface area (Å²) in [4.78, 5) is 17.1. The first-order valence-corrected chi connectivity index (χ1v) is 10.5. The lowest BCUT2D eigenvalue weighted by atomic mass is 9.91. The maximum absolute atomic E-state index is 13.3. The van der Waals surface area contributed by atoms with Crippen LogP contribution in [-0.4, -0.2) is 35.3 Å². The molecule has 1 saturated heterocycles. The van der Waals surface area contributed by atoms with Gasteiger partial charge in [0.2, 0.25) is 5.91 Å². The molecule has 0 radical (unpaired) electrons. The first-order valence-electron chi connectivity index (χ1n) is 10.5. The minimum atomic E-state index is -0.161. The third kappa shape index (κ3) is 4.79. The number of hydrogen-bond acceptors (Lipinski definition) is 2. The van der Waals surface area contributed by atoms with Gasteiger partial charge in [-0.1, -0.05) is 36.4 Å². The van der Waals surface area contributed by atoms with E-state index in [1.54, 1.807) is 12.1 Å². The number of carbonyl (C=O) groups is 1. The predicted molar refractivity (Wildman–Crippen MR) is 109 cm³/mol. The van der Waals surface area contributed by atoms with Crippen LogP contribution in [0.2, 0.25) is 0 Å². The molecule has 148 valence electrons. The van der Waals surface area contributed by atoms with E-state index < -0.39 is 0 Å². The van der Waals surface area contributed by atoms with Crippen LogP contribution in [0.3, 0.4) is 0 Å². The molecule has 4 heteroatoms. The molecule has 2 aromatic carbocycles. The van der Waals surface area contributed by atoms with Crippen LogP contribution < -0.4 is 0 Å². The number of likely N-dealkylation sites (tertiary alicyclic amines) is 1. The van der Waals surface area contributed by atoms with E-state index in [4.69, 9.17) is 0 Å². The summed E-state index contributed by atoms with van der Waals surface area (Å²) in [7, 11) is 0. The topological polar surface area (TPSA) is 23.6 Å². The smallest absolute Gasteiger partial charge is 0.222 e. The Kier molecular flexibility index (Phi) is 6.06. The highest BCUT2D eigenvalue weighted by atomic mass is 19.1. The zero-order valence-electron chi connectivity index (χ0n) is 16.4. The molecule has 0 aliphatic carbocycles. The molecule has 0 spiro atoms. The average Bonchev–Trinajstić information content (AvgIpc) is 2.73. The first kappa shape index (κ1) is 19.1. The zero-order valence-corrected chi connectivity index (χ0v) is 16.4. The van der Waals surface area contributed by atoms with E-state index in [-0.39, 0.29) is 5.82 Å². The summed E-state index contributed by atoms with van der Waals surface area (Å²) in [6.07, 6.45) is 4.89. The van der Waals surface area contributed by atoms with Gasteiger partial charge in [-0.25, -0.2) is 4.39 Å². The molecule has 2 aromatic rings. The lowest BCUT2D eigenvalue weighted by Gasteiger charge is -2.33. The predicted octanol–water partition coefficient (Wildman–Crippen LogP) is 4.40. The van der Waals surface area contributed by atoms with E-state index in [1.165, 1.54) is 17.2 Å². The third-order valence-electron chi connectivity index (χ3n) is 6.25. The van der Waals surface area contributed by atoms with Crippen LogP contribution in [-0.2, 0) is 24.3 Å². The molecule has 0 saturated carbocycles. The number of benzene rings is 2. The summed E-state index contributed by atoms with van der Waals surface area (Å²) < 4.78 is 13.3. The van der Waals surface area contributed by atoms with Crippen molar-refractivity contribution in [3.8, 4) is 0 Å². The first-order chi connectivity index (χ1) is 13.7. The molecule has 28 heavy (non-hydrogen) atoms. The fourth-order valence-electron chi connectivity index (χ4n) is 4.52. The number of hydrogen-bond donors (Lipinski definition) is 0. The number of amides is 1. The lowest BCUT2D eigenvalue weighted by molar-refractivity contribution is -0.132. The van der Waals surface area contributed by atoms with Gasteiger partial charge < -0.3 is 4.90 Å². The van der Waals surface area contributed by atoms with Gasteiger partial charge in [0.15, 0.2) is 0 Å². The Bertz CT molecular complexity index is 814. The minimum Gasteiger partial charge on any atom is -0.338 e. The maximum Gasteiger partial charge on any atom is 0.222 e. The average molecular weight is 381 g/mol. The van der Waals surface area contributed by atoms with Crippen molar-refractivity contribution >= 4 is 5.91 Å². The normalized spacial score (nSPS) is 18.1. The Hall–Kier alpha value is -2.20. The molecule has 2 heterocycles. The fraction of sp³-hybridized carbons (Fsp3) is 0.458. The van der Waals surface area contributed by atoms with Gasteiger partial charge in [-0.05, 0) is 73.5 Å². The highest BCUT2D eigenvalue weighted by molar-refractivity contribution is 5.76. The number of fused-ring (bicyclic) bond motifs is 1. The van der Waals surface area contributed by atoms with Crippen LogP contribution in [0.5, 0.6) is 0 Å². The van der Waals surface area contributed by atoms with Gasteiger partial charge in [0, 0.05) is 26.1 Å². The Morgan fingerprint density at radius 3 is 2.57 bits per heavy atom. The summed E-state index contributed by atoms with van der Waals surface area (Å²) in [5.74, 6) is 0.771. The Morgan fingerprint density at radius 1 is 1.00 bits per heavy atom. The SMILES string of the molecule is O=C(CCC1CCN(Cc2cccc(F)c2)CC1)N1CCc2ccccc2C1. The molecule has 0 aromatic heterocycles. The van der Waals surface area contributed by atoms with E-state index >= 15 is 0 Å². The van der Waals surface area contributed by atoms with Crippen LogP contribution >= 0.6 is 0 Å². The van der Waals surface area contributed by atoms with Crippen LogP contribution in [0.25, 0.3) is 0 Å². The third-order valence-corrected chi connectivity index (χ3v) is 6.25. The summed E-state index contributed by atoms with van der Waals surface area (Å²) in [6, 6.07) is 15.3. The molecule has 2 aliphatic heterocycles. The van der Waals surface area contributed by atoms with E-state index in [1.807, 2.05) is 11.0 Å². The fourth-order valence-corrected chi connectivity index (χ4v) is 4.52. The van der Waals surface area contributed by atoms with E-state index in [2.05, 4.69) is 29.2 Å².